The molecule has 0 spiro atoms. The Hall–Kier alpha value is -0.160. The van der Waals surface area contributed by atoms with Gasteiger partial charge in [-0.05, 0) is 51.2 Å². The smallest absolute Gasteiger partial charge is 0.0682 e. The maximum absolute atomic E-state index is 10.0. The minimum Gasteiger partial charge on any atom is -0.392 e. The van der Waals surface area contributed by atoms with Crippen LogP contribution in [0.2, 0.25) is 0 Å². The van der Waals surface area contributed by atoms with E-state index >= 15 is 0 Å². The molecule has 1 saturated carbocycles. The predicted octanol–water partition coefficient (Wildman–Crippen LogP) is 1.14. The van der Waals surface area contributed by atoms with Crippen molar-refractivity contribution in [3.63, 3.8) is 0 Å². The van der Waals surface area contributed by atoms with Crippen LogP contribution >= 0.6 is 0 Å². The minimum atomic E-state index is -0.157. The van der Waals surface area contributed by atoms with Crippen molar-refractivity contribution in [2.45, 2.75) is 51.2 Å². The van der Waals surface area contributed by atoms with Crippen LogP contribution in [0.25, 0.3) is 0 Å². The second-order valence-corrected chi connectivity index (χ2v) is 7.64. The third-order valence-corrected chi connectivity index (χ3v) is 5.24. The molecule has 4 unspecified atom stereocenters. The summed E-state index contributed by atoms with van der Waals surface area (Å²) in [6.07, 6.45) is 5.93. The molecule has 0 bridgehead atoms. The summed E-state index contributed by atoms with van der Waals surface area (Å²) in [5, 5.41) is 10.0. The van der Waals surface area contributed by atoms with Gasteiger partial charge in [-0.15, -0.1) is 0 Å². The van der Waals surface area contributed by atoms with E-state index in [9.17, 15) is 5.11 Å². The van der Waals surface area contributed by atoms with Crippen molar-refractivity contribution in [3.8, 4) is 0 Å². The molecule has 0 aromatic carbocycles. The Balaban J connectivity index is 2.01. The van der Waals surface area contributed by atoms with E-state index in [-0.39, 0.29) is 11.5 Å². The topological polar surface area (TPSA) is 52.7 Å². The Labute approximate surface area is 124 Å². The summed E-state index contributed by atoms with van der Waals surface area (Å²) in [6, 6.07) is 0.487. The zero-order valence-corrected chi connectivity index (χ0v) is 13.5. The standard InChI is InChI=1S/C16H33N3O/c1-13-5-4-6-16(8-13,11-17)12-19-10-15(20)7-14(19)9-18(2)3/h13-15,20H,4-12,17H2,1-3H3. The highest BCUT2D eigenvalue weighted by Gasteiger charge is 2.40. The van der Waals surface area contributed by atoms with E-state index in [1.807, 2.05) is 0 Å². The first-order valence-electron chi connectivity index (χ1n) is 8.21. The van der Waals surface area contributed by atoms with Crippen LogP contribution < -0.4 is 5.73 Å². The van der Waals surface area contributed by atoms with Gasteiger partial charge in [0.25, 0.3) is 0 Å². The van der Waals surface area contributed by atoms with Gasteiger partial charge in [0.2, 0.25) is 0 Å². The predicted molar refractivity (Wildman–Crippen MR) is 83.7 cm³/mol. The highest BCUT2D eigenvalue weighted by Crippen LogP contribution is 2.40. The van der Waals surface area contributed by atoms with Gasteiger partial charge in [-0.2, -0.15) is 0 Å². The van der Waals surface area contributed by atoms with Crippen LogP contribution in [-0.4, -0.2) is 67.3 Å². The molecule has 1 saturated heterocycles. The van der Waals surface area contributed by atoms with Crippen molar-refractivity contribution in [3.05, 3.63) is 0 Å². The lowest BCUT2D eigenvalue weighted by atomic mass is 9.69. The molecule has 1 aliphatic carbocycles. The molecule has 0 radical (unpaired) electrons. The molecule has 3 N–H and O–H groups in total. The van der Waals surface area contributed by atoms with Crippen LogP contribution in [0.1, 0.15) is 39.0 Å². The lowest BCUT2D eigenvalue weighted by molar-refractivity contribution is 0.0706. The molecule has 0 aromatic heterocycles. The Morgan fingerprint density at radius 2 is 2.15 bits per heavy atom. The summed E-state index contributed by atoms with van der Waals surface area (Å²) in [4.78, 5) is 4.74. The fourth-order valence-corrected chi connectivity index (χ4v) is 4.36. The number of likely N-dealkylation sites (tertiary alicyclic amines) is 1. The summed E-state index contributed by atoms with van der Waals surface area (Å²) < 4.78 is 0. The monoisotopic (exact) mass is 283 g/mol. The molecule has 2 aliphatic rings. The third-order valence-electron chi connectivity index (χ3n) is 5.24. The average molecular weight is 283 g/mol. The van der Waals surface area contributed by atoms with Gasteiger partial charge in [0.1, 0.15) is 0 Å². The molecule has 0 amide bonds. The van der Waals surface area contributed by atoms with E-state index in [2.05, 4.69) is 30.8 Å². The lowest BCUT2D eigenvalue weighted by Gasteiger charge is -2.43. The van der Waals surface area contributed by atoms with Crippen molar-refractivity contribution in [1.82, 2.24) is 9.80 Å². The normalized spacial score (nSPS) is 39.6. The molecule has 1 aliphatic heterocycles. The molecular formula is C16H33N3O. The third kappa shape index (κ3) is 3.94. The van der Waals surface area contributed by atoms with Gasteiger partial charge in [-0.3, -0.25) is 4.90 Å². The van der Waals surface area contributed by atoms with Crippen LogP contribution in [0.15, 0.2) is 0 Å². The van der Waals surface area contributed by atoms with Crippen molar-refractivity contribution < 1.29 is 5.11 Å². The van der Waals surface area contributed by atoms with Crippen molar-refractivity contribution in [1.29, 1.82) is 0 Å². The molecule has 4 atom stereocenters. The van der Waals surface area contributed by atoms with Crippen molar-refractivity contribution >= 4 is 0 Å². The fourth-order valence-electron chi connectivity index (χ4n) is 4.36. The van der Waals surface area contributed by atoms with Crippen LogP contribution in [0, 0.1) is 11.3 Å². The molecule has 2 rings (SSSR count). The summed E-state index contributed by atoms with van der Waals surface area (Å²) in [6.45, 7) is 6.09. The molecule has 4 heteroatoms. The number of hydrogen-bond donors (Lipinski definition) is 2. The first-order valence-corrected chi connectivity index (χ1v) is 8.21. The number of nitrogens with two attached hydrogens (primary N) is 1. The summed E-state index contributed by atoms with van der Waals surface area (Å²) in [7, 11) is 4.23. The summed E-state index contributed by atoms with van der Waals surface area (Å²) >= 11 is 0. The SMILES string of the molecule is CC1CCCC(CN)(CN2CC(O)CC2CN(C)C)C1. The van der Waals surface area contributed by atoms with Crippen LogP contribution in [-0.2, 0) is 0 Å². The largest absolute Gasteiger partial charge is 0.392 e. The quantitative estimate of drug-likeness (QED) is 0.794. The molecule has 118 valence electrons. The maximum Gasteiger partial charge on any atom is 0.0682 e. The van der Waals surface area contributed by atoms with E-state index < -0.39 is 0 Å². The molecular weight excluding hydrogens is 250 g/mol. The van der Waals surface area contributed by atoms with Gasteiger partial charge < -0.3 is 15.7 Å². The van der Waals surface area contributed by atoms with E-state index in [0.29, 0.717) is 6.04 Å². The average Bonchev–Trinajstić information content (AvgIpc) is 2.68. The summed E-state index contributed by atoms with van der Waals surface area (Å²) in [5.74, 6) is 0.798. The number of likely N-dealkylation sites (N-methyl/N-ethyl adjacent to an activating group) is 1. The fraction of sp³-hybridized carbons (Fsp3) is 1.00. The molecule has 2 fully saturated rings. The lowest BCUT2D eigenvalue weighted by Crippen LogP contribution is -2.48. The van der Waals surface area contributed by atoms with Crippen LogP contribution in [0.4, 0.5) is 0 Å². The number of nitrogens with zero attached hydrogens (tertiary/aromatic N) is 2. The molecule has 20 heavy (non-hydrogen) atoms. The first kappa shape index (κ1) is 16.2. The Kier molecular flexibility index (Phi) is 5.46. The molecule has 0 aromatic rings. The Morgan fingerprint density at radius 1 is 1.40 bits per heavy atom. The molecule has 1 heterocycles. The van der Waals surface area contributed by atoms with Crippen LogP contribution in [0.5, 0.6) is 0 Å². The highest BCUT2D eigenvalue weighted by atomic mass is 16.3. The van der Waals surface area contributed by atoms with Gasteiger partial charge >= 0.3 is 0 Å². The van der Waals surface area contributed by atoms with Gasteiger partial charge in [0.05, 0.1) is 6.10 Å². The molecule has 4 nitrogen and oxygen atoms in total. The zero-order valence-electron chi connectivity index (χ0n) is 13.5. The number of β-amino-alcohol motifs (C(OH)–C–C–N with tert-alkyl or cyclic N) is 1. The van der Waals surface area contributed by atoms with Gasteiger partial charge in [0.15, 0.2) is 0 Å². The van der Waals surface area contributed by atoms with Crippen LogP contribution in [0.3, 0.4) is 0 Å². The maximum atomic E-state index is 10.0. The number of aliphatic hydroxyl groups excluding tert-OH is 1. The van der Waals surface area contributed by atoms with Crippen molar-refractivity contribution in [2.75, 3.05) is 40.3 Å². The van der Waals surface area contributed by atoms with Gasteiger partial charge in [-0.1, -0.05) is 19.8 Å². The second-order valence-electron chi connectivity index (χ2n) is 7.64. The second kappa shape index (κ2) is 6.73. The minimum absolute atomic E-state index is 0.157. The number of hydrogen-bond acceptors (Lipinski definition) is 4. The zero-order chi connectivity index (χ0) is 14.8. The summed E-state index contributed by atoms with van der Waals surface area (Å²) in [5.41, 5.74) is 6.44. The van der Waals surface area contributed by atoms with E-state index in [4.69, 9.17) is 5.73 Å². The Bertz CT molecular complexity index is 310. The highest BCUT2D eigenvalue weighted by molar-refractivity contribution is 4.94. The van der Waals surface area contributed by atoms with Gasteiger partial charge in [0, 0.05) is 25.7 Å². The van der Waals surface area contributed by atoms with E-state index in [1.165, 1.54) is 25.7 Å². The van der Waals surface area contributed by atoms with Gasteiger partial charge in [-0.25, -0.2) is 0 Å². The Morgan fingerprint density at radius 3 is 2.75 bits per heavy atom. The number of rotatable bonds is 5. The van der Waals surface area contributed by atoms with Crippen molar-refractivity contribution in [2.24, 2.45) is 17.1 Å². The number of aliphatic hydroxyl groups is 1. The first-order chi connectivity index (χ1) is 9.44. The van der Waals surface area contributed by atoms with E-state index in [1.54, 1.807) is 0 Å². The van der Waals surface area contributed by atoms with E-state index in [0.717, 1.165) is 38.5 Å².